The maximum Gasteiger partial charge on any atom is 0.221 e. The molecule has 1 amide bonds. The summed E-state index contributed by atoms with van der Waals surface area (Å²) in [7, 11) is 0. The van der Waals surface area contributed by atoms with E-state index in [1.807, 2.05) is 0 Å². The number of pyridine rings is 1. The molecule has 2 aromatic carbocycles. The van der Waals surface area contributed by atoms with Crippen molar-refractivity contribution in [2.75, 3.05) is 9.62 Å². The summed E-state index contributed by atoms with van der Waals surface area (Å²) in [5.74, 6) is -2.14. The van der Waals surface area contributed by atoms with Gasteiger partial charge in [-0.15, -0.1) is 0 Å². The summed E-state index contributed by atoms with van der Waals surface area (Å²) in [6, 6.07) is 9.08. The fourth-order valence-corrected chi connectivity index (χ4v) is 3.55. The van der Waals surface area contributed by atoms with Crippen LogP contribution in [-0.2, 0) is 22.6 Å². The largest absolute Gasteiger partial charge is 0.755 e. The zero-order valence-electron chi connectivity index (χ0n) is 15.8. The first kappa shape index (κ1) is 21.5. The number of hydrogen-bond acceptors (Lipinski definition) is 5. The van der Waals surface area contributed by atoms with E-state index in [0.717, 1.165) is 12.1 Å². The van der Waals surface area contributed by atoms with Gasteiger partial charge in [-0.25, -0.2) is 8.78 Å². The Morgan fingerprint density at radius 2 is 1.90 bits per heavy atom. The third-order valence-corrected chi connectivity index (χ3v) is 4.89. The van der Waals surface area contributed by atoms with Crippen molar-refractivity contribution < 1.29 is 22.3 Å². The molecule has 0 aliphatic rings. The second kappa shape index (κ2) is 9.08. The van der Waals surface area contributed by atoms with Crippen molar-refractivity contribution >= 4 is 34.2 Å². The first-order valence-corrected chi connectivity index (χ1v) is 9.74. The Bertz CT molecular complexity index is 1130. The minimum Gasteiger partial charge on any atom is -0.755 e. The van der Waals surface area contributed by atoms with Gasteiger partial charge in [0.15, 0.2) is 5.82 Å². The molecule has 1 atom stereocenters. The minimum absolute atomic E-state index is 0.0176. The van der Waals surface area contributed by atoms with Crippen LogP contribution in [-0.4, -0.2) is 19.7 Å². The van der Waals surface area contributed by atoms with Crippen LogP contribution in [0.25, 0.3) is 11.1 Å². The molecule has 3 N–H and O–H groups in total. The van der Waals surface area contributed by atoms with E-state index in [9.17, 15) is 22.3 Å². The summed E-state index contributed by atoms with van der Waals surface area (Å²) >= 11 is -2.92. The molecule has 0 aliphatic heterocycles. The van der Waals surface area contributed by atoms with Crippen LogP contribution in [0.3, 0.4) is 0 Å². The maximum absolute atomic E-state index is 14.3. The fraction of sp³-hybridized carbons (Fsp3) is 0.100. The predicted octanol–water partition coefficient (Wildman–Crippen LogP) is 3.38. The Morgan fingerprint density at radius 3 is 2.53 bits per heavy atom. The number of nitrogens with two attached hydrogens (primary N) is 1. The van der Waals surface area contributed by atoms with Crippen LogP contribution in [0.5, 0.6) is 0 Å². The standard InChI is InChI=1S/C20H18F2N4O3S/c1-12(27)25-17-6-15(10-24-11-17)13-2-3-14(9-23)20(7-13)26(30(28)29)19-5-4-16(21)8-18(19)22/h2-8,10-11H,9,23H2,1H3,(H,25,27)(H,28,29)/p-1. The van der Waals surface area contributed by atoms with Crippen LogP contribution in [0.15, 0.2) is 54.9 Å². The average Bonchev–Trinajstić information content (AvgIpc) is 2.69. The van der Waals surface area contributed by atoms with Gasteiger partial charge in [0.1, 0.15) is 5.82 Å². The Morgan fingerprint density at radius 1 is 1.13 bits per heavy atom. The molecule has 0 bridgehead atoms. The number of carbonyl (C=O) groups excluding carboxylic acids is 1. The lowest BCUT2D eigenvalue weighted by Gasteiger charge is -2.29. The zero-order valence-corrected chi connectivity index (χ0v) is 16.6. The van der Waals surface area contributed by atoms with Crippen molar-refractivity contribution in [2.45, 2.75) is 13.5 Å². The van der Waals surface area contributed by atoms with Gasteiger partial charge in [-0.05, 0) is 35.4 Å². The topological polar surface area (TPSA) is 111 Å². The van der Waals surface area contributed by atoms with E-state index in [1.165, 1.54) is 25.4 Å². The number of hydrogen-bond donors (Lipinski definition) is 2. The van der Waals surface area contributed by atoms with Crippen molar-refractivity contribution in [1.29, 1.82) is 0 Å². The van der Waals surface area contributed by atoms with Crippen molar-refractivity contribution in [3.05, 3.63) is 72.1 Å². The van der Waals surface area contributed by atoms with Crippen molar-refractivity contribution in [3.8, 4) is 11.1 Å². The number of rotatable bonds is 6. The summed E-state index contributed by atoms with van der Waals surface area (Å²) in [5, 5.41) is 2.62. The van der Waals surface area contributed by atoms with Crippen LogP contribution < -0.4 is 15.4 Å². The first-order valence-electron chi connectivity index (χ1n) is 8.70. The molecule has 1 heterocycles. The third-order valence-electron chi connectivity index (χ3n) is 4.19. The Labute approximate surface area is 174 Å². The maximum atomic E-state index is 14.3. The molecule has 0 fully saturated rings. The number of aromatic nitrogens is 1. The van der Waals surface area contributed by atoms with Gasteiger partial charge in [-0.1, -0.05) is 12.1 Å². The van der Waals surface area contributed by atoms with E-state index in [0.29, 0.717) is 32.7 Å². The van der Waals surface area contributed by atoms with Gasteiger partial charge in [0.05, 0.1) is 34.5 Å². The summed E-state index contributed by atoms with van der Waals surface area (Å²) in [4.78, 5) is 15.4. The summed E-state index contributed by atoms with van der Waals surface area (Å²) in [5.41, 5.74) is 7.55. The SMILES string of the molecule is CC(=O)Nc1cncc(-c2ccc(CN)c(N(c3ccc(F)cc3F)S(=O)[O-])c2)c1. The van der Waals surface area contributed by atoms with Crippen LogP contribution in [0.1, 0.15) is 12.5 Å². The Hall–Kier alpha value is -3.21. The zero-order chi connectivity index (χ0) is 21.8. The smallest absolute Gasteiger partial charge is 0.221 e. The van der Waals surface area contributed by atoms with Crippen molar-refractivity contribution in [3.63, 3.8) is 0 Å². The number of benzene rings is 2. The van der Waals surface area contributed by atoms with E-state index in [1.54, 1.807) is 18.2 Å². The van der Waals surface area contributed by atoms with E-state index in [-0.39, 0.29) is 23.8 Å². The molecular weight excluding hydrogens is 414 g/mol. The Balaban J connectivity index is 2.14. The highest BCUT2D eigenvalue weighted by atomic mass is 32.2. The lowest BCUT2D eigenvalue weighted by molar-refractivity contribution is -0.114. The fourth-order valence-electron chi connectivity index (χ4n) is 2.91. The molecule has 1 aromatic heterocycles. The quantitative estimate of drug-likeness (QED) is 0.581. The second-order valence-corrected chi connectivity index (χ2v) is 7.10. The van der Waals surface area contributed by atoms with Crippen LogP contribution in [0, 0.1) is 11.6 Å². The van der Waals surface area contributed by atoms with E-state index < -0.39 is 22.9 Å². The van der Waals surface area contributed by atoms with Crippen LogP contribution in [0.4, 0.5) is 25.8 Å². The third kappa shape index (κ3) is 4.67. The van der Waals surface area contributed by atoms with Crippen molar-refractivity contribution in [1.82, 2.24) is 4.98 Å². The van der Waals surface area contributed by atoms with Gasteiger partial charge < -0.3 is 15.6 Å². The average molecular weight is 431 g/mol. The van der Waals surface area contributed by atoms with Gasteiger partial charge in [0.25, 0.3) is 0 Å². The number of halogens is 2. The summed E-state index contributed by atoms with van der Waals surface area (Å²) < 4.78 is 52.3. The monoisotopic (exact) mass is 431 g/mol. The molecule has 10 heteroatoms. The van der Waals surface area contributed by atoms with Gasteiger partial charge in [0.2, 0.25) is 5.91 Å². The summed E-state index contributed by atoms with van der Waals surface area (Å²) in [6.45, 7) is 1.34. The van der Waals surface area contributed by atoms with Crippen LogP contribution in [0.2, 0.25) is 0 Å². The molecule has 156 valence electrons. The van der Waals surface area contributed by atoms with Crippen molar-refractivity contribution in [2.24, 2.45) is 5.73 Å². The van der Waals surface area contributed by atoms with Gasteiger partial charge >= 0.3 is 0 Å². The normalized spacial score (nSPS) is 11.8. The Kier molecular flexibility index (Phi) is 6.50. The molecule has 1 unspecified atom stereocenters. The second-order valence-electron chi connectivity index (χ2n) is 6.30. The number of nitrogens with zero attached hydrogens (tertiary/aromatic N) is 2. The lowest BCUT2D eigenvalue weighted by Crippen LogP contribution is -2.23. The molecule has 3 rings (SSSR count). The predicted molar refractivity (Wildman–Crippen MR) is 109 cm³/mol. The molecular formula is C20H17F2N4O3S-. The van der Waals surface area contributed by atoms with E-state index >= 15 is 0 Å². The first-order chi connectivity index (χ1) is 14.3. The molecule has 0 spiro atoms. The molecule has 0 saturated heterocycles. The molecule has 0 radical (unpaired) electrons. The number of carbonyl (C=O) groups is 1. The lowest BCUT2D eigenvalue weighted by atomic mass is 10.0. The van der Waals surface area contributed by atoms with Crippen LogP contribution >= 0.6 is 0 Å². The molecule has 7 nitrogen and oxygen atoms in total. The number of anilines is 3. The number of amides is 1. The molecule has 0 saturated carbocycles. The van der Waals surface area contributed by atoms with E-state index in [2.05, 4.69) is 10.3 Å². The van der Waals surface area contributed by atoms with Gasteiger partial charge in [-0.2, -0.15) is 0 Å². The number of nitrogens with one attached hydrogen (secondary N) is 1. The summed E-state index contributed by atoms with van der Waals surface area (Å²) in [6.07, 6.45) is 3.00. The highest BCUT2D eigenvalue weighted by Gasteiger charge is 2.19. The molecule has 0 aliphatic carbocycles. The molecule has 3 aromatic rings. The highest BCUT2D eigenvalue weighted by molar-refractivity contribution is 7.81. The van der Waals surface area contributed by atoms with E-state index in [4.69, 9.17) is 5.73 Å². The minimum atomic E-state index is -2.92. The van der Waals surface area contributed by atoms with Gasteiger partial charge in [-0.3, -0.25) is 18.3 Å². The van der Waals surface area contributed by atoms with Gasteiger partial charge in [0, 0.05) is 31.3 Å². The molecule has 30 heavy (non-hydrogen) atoms. The highest BCUT2D eigenvalue weighted by Crippen LogP contribution is 2.35.